The quantitative estimate of drug-likeness (QED) is 0.310. The van der Waals surface area contributed by atoms with Gasteiger partial charge >= 0.3 is 5.97 Å². The molecule has 0 saturated carbocycles. The van der Waals surface area contributed by atoms with Gasteiger partial charge in [-0.15, -0.1) is 0 Å². The van der Waals surface area contributed by atoms with Crippen molar-refractivity contribution >= 4 is 28.6 Å². The van der Waals surface area contributed by atoms with Crippen LogP contribution in [0.4, 0.5) is 4.39 Å². The molecule has 2 aliphatic heterocycles. The maximum Gasteiger partial charge on any atom is 0.335 e. The highest BCUT2D eigenvalue weighted by Crippen LogP contribution is 2.25. The predicted molar refractivity (Wildman–Crippen MR) is 146 cm³/mol. The molecule has 0 radical (unpaired) electrons. The normalized spacial score (nSPS) is 18.1. The third kappa shape index (κ3) is 5.94. The molecule has 4 heterocycles. The predicted octanol–water partition coefficient (Wildman–Crippen LogP) is 4.74. The second-order valence-electron chi connectivity index (χ2n) is 10.2. The van der Waals surface area contributed by atoms with Crippen LogP contribution in [0.3, 0.4) is 0 Å². The van der Waals surface area contributed by atoms with Crippen LogP contribution in [0.15, 0.2) is 48.7 Å². The van der Waals surface area contributed by atoms with Gasteiger partial charge in [-0.1, -0.05) is 17.7 Å². The lowest BCUT2D eigenvalue weighted by Crippen LogP contribution is -2.39. The number of hydrogen-bond acceptors (Lipinski definition) is 7. The van der Waals surface area contributed by atoms with E-state index in [1.807, 2.05) is 0 Å². The molecular weight excluding hydrogens is 537 g/mol. The average molecular weight is 566 g/mol. The van der Waals surface area contributed by atoms with Gasteiger partial charge in [0.05, 0.1) is 35.8 Å². The first kappa shape index (κ1) is 26.6. The van der Waals surface area contributed by atoms with Crippen molar-refractivity contribution in [3.63, 3.8) is 0 Å². The zero-order valence-electron chi connectivity index (χ0n) is 21.8. The Hall–Kier alpha value is -3.60. The van der Waals surface area contributed by atoms with E-state index in [-0.39, 0.29) is 30.0 Å². The van der Waals surface area contributed by atoms with E-state index in [1.54, 1.807) is 42.6 Å². The summed E-state index contributed by atoms with van der Waals surface area (Å²) in [5.41, 5.74) is 2.33. The number of piperidine rings is 1. The summed E-state index contributed by atoms with van der Waals surface area (Å²) in [6, 6.07) is 11.4. The van der Waals surface area contributed by atoms with Crippen molar-refractivity contribution in [3.8, 4) is 5.88 Å². The van der Waals surface area contributed by atoms with Gasteiger partial charge < -0.3 is 19.1 Å². The van der Waals surface area contributed by atoms with E-state index in [2.05, 4.69) is 19.4 Å². The lowest BCUT2D eigenvalue weighted by atomic mass is 10.1. The van der Waals surface area contributed by atoms with Gasteiger partial charge in [-0.05, 0) is 55.2 Å². The Morgan fingerprint density at radius 1 is 1.12 bits per heavy atom. The topological polar surface area (TPSA) is 103 Å². The number of fused-ring (bicyclic) bond motifs is 1. The highest BCUT2D eigenvalue weighted by Gasteiger charge is 2.26. The third-order valence-electron chi connectivity index (χ3n) is 7.48. The number of ether oxygens (including phenoxy) is 2. The van der Waals surface area contributed by atoms with E-state index in [0.717, 1.165) is 55.8 Å². The van der Waals surface area contributed by atoms with Crippen molar-refractivity contribution in [2.24, 2.45) is 0 Å². The molecule has 0 amide bonds. The molecule has 9 nitrogen and oxygen atoms in total. The van der Waals surface area contributed by atoms with Gasteiger partial charge in [0.2, 0.25) is 5.88 Å². The van der Waals surface area contributed by atoms with Gasteiger partial charge in [-0.2, -0.15) is 4.98 Å². The number of rotatable bonds is 9. The zero-order chi connectivity index (χ0) is 27.6. The summed E-state index contributed by atoms with van der Waals surface area (Å²) in [7, 11) is 0. The molecule has 40 heavy (non-hydrogen) atoms. The lowest BCUT2D eigenvalue weighted by molar-refractivity contribution is -0.0592. The fourth-order valence-corrected chi connectivity index (χ4v) is 5.34. The van der Waals surface area contributed by atoms with Gasteiger partial charge in [-0.25, -0.2) is 19.2 Å². The van der Waals surface area contributed by atoms with Crippen LogP contribution in [-0.4, -0.2) is 67.4 Å². The number of aromatic carboxylic acids is 1. The van der Waals surface area contributed by atoms with Crippen LogP contribution in [0, 0.1) is 5.82 Å². The number of halogens is 2. The Morgan fingerprint density at radius 3 is 2.67 bits per heavy atom. The van der Waals surface area contributed by atoms with Gasteiger partial charge in [0.15, 0.2) is 0 Å². The zero-order valence-corrected chi connectivity index (χ0v) is 22.6. The minimum absolute atomic E-state index is 0.00610. The Balaban J connectivity index is 1.09. The average Bonchev–Trinajstić information content (AvgIpc) is 3.25. The molecule has 0 spiro atoms. The SMILES string of the molecule is O=C(O)c1ccc2nc(CN3CCC(Oc4ccnc(Cc5ccc(Cl)cc5F)n4)CC3)n(C[C@@H]3CCO3)c2c1. The summed E-state index contributed by atoms with van der Waals surface area (Å²) in [4.78, 5) is 27.5. The smallest absolute Gasteiger partial charge is 0.335 e. The molecule has 4 aromatic rings. The van der Waals surface area contributed by atoms with Gasteiger partial charge in [0.25, 0.3) is 0 Å². The molecule has 2 aromatic carbocycles. The first-order valence-electron chi connectivity index (χ1n) is 13.4. The van der Waals surface area contributed by atoms with E-state index in [4.69, 9.17) is 26.1 Å². The monoisotopic (exact) mass is 565 g/mol. The van der Waals surface area contributed by atoms with Crippen LogP contribution in [0.1, 0.15) is 46.8 Å². The fraction of sp³-hybridized carbons (Fsp3) is 0.379. The minimum Gasteiger partial charge on any atom is -0.478 e. The van der Waals surface area contributed by atoms with Crippen molar-refractivity contribution in [2.75, 3.05) is 19.7 Å². The number of hydrogen-bond donors (Lipinski definition) is 1. The molecule has 2 aromatic heterocycles. The number of likely N-dealkylation sites (tertiary alicyclic amines) is 1. The van der Waals surface area contributed by atoms with Crippen molar-refractivity contribution in [1.82, 2.24) is 24.4 Å². The molecule has 0 aliphatic carbocycles. The second kappa shape index (κ2) is 11.5. The Morgan fingerprint density at radius 2 is 1.95 bits per heavy atom. The molecule has 0 unspecified atom stereocenters. The molecular formula is C29H29ClFN5O4. The number of carbonyl (C=O) groups is 1. The molecule has 208 valence electrons. The summed E-state index contributed by atoms with van der Waals surface area (Å²) in [5, 5.41) is 9.82. The number of benzene rings is 2. The first-order chi connectivity index (χ1) is 19.4. The summed E-state index contributed by atoms with van der Waals surface area (Å²) in [6.07, 6.45) is 4.64. The van der Waals surface area contributed by atoms with Crippen LogP contribution >= 0.6 is 11.6 Å². The van der Waals surface area contributed by atoms with Gasteiger partial charge in [-0.3, -0.25) is 4.90 Å². The molecule has 1 atom stereocenters. The Bertz CT molecular complexity index is 1530. The Labute approximate surface area is 235 Å². The van der Waals surface area contributed by atoms with Crippen LogP contribution in [0.5, 0.6) is 5.88 Å². The van der Waals surface area contributed by atoms with Gasteiger partial charge in [0.1, 0.15) is 23.6 Å². The Kier molecular flexibility index (Phi) is 7.64. The number of carboxylic acids is 1. The van der Waals surface area contributed by atoms with Crippen molar-refractivity contribution < 1.29 is 23.8 Å². The molecule has 2 saturated heterocycles. The van der Waals surface area contributed by atoms with Crippen LogP contribution in [-0.2, 0) is 24.2 Å². The van der Waals surface area contributed by atoms with Crippen molar-refractivity contribution in [2.45, 2.75) is 51.0 Å². The number of imidazole rings is 1. The summed E-state index contributed by atoms with van der Waals surface area (Å²) in [6.45, 7) is 3.71. The standard InChI is InChI=1S/C29H29ClFN5O4/c30-20-3-1-18(23(31)15-20)14-26-32-9-5-28(34-26)40-21-6-10-35(11-7-21)17-27-33-24-4-2-19(29(37)38)13-25(24)36(27)16-22-8-12-39-22/h1-5,9,13,15,21-22H,6-8,10-12,14,16-17H2,(H,37,38)/t22-/m0/s1. The molecule has 2 aliphatic rings. The molecule has 0 bridgehead atoms. The summed E-state index contributed by atoms with van der Waals surface area (Å²) >= 11 is 5.86. The third-order valence-corrected chi connectivity index (χ3v) is 7.72. The molecule has 2 fully saturated rings. The van der Waals surface area contributed by atoms with E-state index in [9.17, 15) is 14.3 Å². The van der Waals surface area contributed by atoms with Crippen molar-refractivity contribution in [1.29, 1.82) is 0 Å². The fourth-order valence-electron chi connectivity index (χ4n) is 5.18. The summed E-state index contributed by atoms with van der Waals surface area (Å²) < 4.78 is 28.2. The summed E-state index contributed by atoms with van der Waals surface area (Å²) in [5.74, 6) is 0.533. The molecule has 1 N–H and O–H groups in total. The highest BCUT2D eigenvalue weighted by atomic mass is 35.5. The highest BCUT2D eigenvalue weighted by molar-refractivity contribution is 6.30. The van der Waals surface area contributed by atoms with Crippen LogP contribution < -0.4 is 4.74 Å². The molecule has 6 rings (SSSR count). The van der Waals surface area contributed by atoms with E-state index in [1.165, 1.54) is 6.07 Å². The number of carboxylic acid groups (broad SMARTS) is 1. The van der Waals surface area contributed by atoms with E-state index < -0.39 is 5.97 Å². The van der Waals surface area contributed by atoms with Crippen molar-refractivity contribution in [3.05, 3.63) is 82.3 Å². The largest absolute Gasteiger partial charge is 0.478 e. The second-order valence-corrected chi connectivity index (χ2v) is 10.7. The van der Waals surface area contributed by atoms with E-state index >= 15 is 0 Å². The first-order valence-corrected chi connectivity index (χ1v) is 13.8. The van der Waals surface area contributed by atoms with Crippen LogP contribution in [0.2, 0.25) is 5.02 Å². The van der Waals surface area contributed by atoms with Crippen LogP contribution in [0.25, 0.3) is 11.0 Å². The minimum atomic E-state index is -0.953. The van der Waals surface area contributed by atoms with E-state index in [0.29, 0.717) is 35.4 Å². The number of aromatic nitrogens is 4. The maximum atomic E-state index is 14.2. The molecule has 11 heteroatoms. The number of nitrogens with zero attached hydrogens (tertiary/aromatic N) is 5. The maximum absolute atomic E-state index is 14.2. The lowest BCUT2D eigenvalue weighted by Gasteiger charge is -2.32. The van der Waals surface area contributed by atoms with Gasteiger partial charge in [0, 0.05) is 43.4 Å².